The Morgan fingerprint density at radius 3 is 1.85 bits per heavy atom. The average molecular weight is 302 g/mol. The quantitative estimate of drug-likeness (QED) is 0.493. The summed E-state index contributed by atoms with van der Waals surface area (Å²) in [6, 6.07) is 17.7. The zero-order valence-electron chi connectivity index (χ0n) is 11.1. The second-order valence-electron chi connectivity index (χ2n) is 4.17. The molecule has 4 heteroatoms. The second kappa shape index (κ2) is 6.65. The fourth-order valence-electron chi connectivity index (χ4n) is 1.85. The van der Waals surface area contributed by atoms with Crippen molar-refractivity contribution in [3.8, 4) is 0 Å². The van der Waals surface area contributed by atoms with E-state index in [1.54, 1.807) is 0 Å². The predicted octanol–water partition coefficient (Wildman–Crippen LogP) is 2.80. The van der Waals surface area contributed by atoms with E-state index in [4.69, 9.17) is 11.8 Å². The van der Waals surface area contributed by atoms with E-state index in [1.165, 1.54) is 13.2 Å². The average Bonchev–Trinajstić information content (AvgIpc) is 2.54. The summed E-state index contributed by atoms with van der Waals surface area (Å²) in [7, 11) is 1.36. The molecule has 0 radical (unpaired) electrons. The Hall–Kier alpha value is -1.70. The number of hydrogen-bond donors (Lipinski definition) is 0. The van der Waals surface area contributed by atoms with Crippen LogP contribution >= 0.6 is 6.04 Å². The van der Waals surface area contributed by atoms with E-state index < -0.39 is 6.04 Å². The van der Waals surface area contributed by atoms with Crippen molar-refractivity contribution < 1.29 is 9.53 Å². The van der Waals surface area contributed by atoms with Crippen LogP contribution in [0.4, 0.5) is 0 Å². The molecule has 20 heavy (non-hydrogen) atoms. The van der Waals surface area contributed by atoms with Gasteiger partial charge in [0.1, 0.15) is 0 Å². The number of ether oxygens (including phenoxy) is 1. The normalized spacial score (nSPS) is 11.4. The third-order valence-electron chi connectivity index (χ3n) is 2.90. The molecule has 0 atom stereocenters. The molecule has 0 spiro atoms. The van der Waals surface area contributed by atoms with Crippen LogP contribution in [0, 0.1) is 0 Å². The number of benzene rings is 2. The van der Waals surface area contributed by atoms with Gasteiger partial charge in [0.25, 0.3) is 0 Å². The summed E-state index contributed by atoms with van der Waals surface area (Å²) in [6.45, 7) is 0. The van der Waals surface area contributed by atoms with E-state index in [0.717, 1.165) is 10.6 Å². The Morgan fingerprint density at radius 1 is 1.00 bits per heavy atom. The highest BCUT2D eigenvalue weighted by Crippen LogP contribution is 2.45. The van der Waals surface area contributed by atoms with Crippen molar-refractivity contribution in [3.05, 3.63) is 72.6 Å². The van der Waals surface area contributed by atoms with E-state index in [9.17, 15) is 4.79 Å². The Bertz CT molecular complexity index is 607. The third-order valence-corrected chi connectivity index (χ3v) is 7.23. The first-order valence-corrected chi connectivity index (χ1v) is 9.02. The van der Waals surface area contributed by atoms with Crippen LogP contribution in [0.1, 0.15) is 0 Å². The monoisotopic (exact) mass is 302 g/mol. The first-order chi connectivity index (χ1) is 9.66. The SMILES string of the molecule is COC(=O)C=CP(=S)(c1ccccc1)c1ccccc1. The lowest BCUT2D eigenvalue weighted by Gasteiger charge is -2.19. The molecule has 0 saturated heterocycles. The van der Waals surface area contributed by atoms with Crippen LogP contribution in [0.3, 0.4) is 0 Å². The molecule has 0 aromatic heterocycles. The molecule has 0 unspecified atom stereocenters. The van der Waals surface area contributed by atoms with Crippen molar-refractivity contribution in [1.29, 1.82) is 0 Å². The van der Waals surface area contributed by atoms with Gasteiger partial charge in [0.05, 0.1) is 7.11 Å². The summed E-state index contributed by atoms with van der Waals surface area (Å²) in [5, 5.41) is 2.11. The van der Waals surface area contributed by atoms with Crippen LogP contribution in [0.15, 0.2) is 72.6 Å². The molecule has 0 bridgehead atoms. The van der Waals surface area contributed by atoms with Gasteiger partial charge < -0.3 is 4.74 Å². The molecule has 0 fully saturated rings. The Morgan fingerprint density at radius 2 is 1.45 bits per heavy atom. The highest BCUT2D eigenvalue weighted by molar-refractivity contribution is 8.23. The lowest BCUT2D eigenvalue weighted by molar-refractivity contribution is -0.134. The number of rotatable bonds is 4. The minimum absolute atomic E-state index is 0.383. The first-order valence-electron chi connectivity index (χ1n) is 6.15. The number of esters is 1. The minimum Gasteiger partial charge on any atom is -0.466 e. The van der Waals surface area contributed by atoms with Crippen LogP contribution in [0.2, 0.25) is 0 Å². The largest absolute Gasteiger partial charge is 0.466 e. The van der Waals surface area contributed by atoms with Gasteiger partial charge in [-0.15, -0.1) is 0 Å². The van der Waals surface area contributed by atoms with Gasteiger partial charge in [-0.3, -0.25) is 0 Å². The van der Waals surface area contributed by atoms with Crippen LogP contribution in [0.25, 0.3) is 0 Å². The van der Waals surface area contributed by atoms with E-state index in [-0.39, 0.29) is 5.97 Å². The second-order valence-corrected chi connectivity index (χ2v) is 8.54. The van der Waals surface area contributed by atoms with Crippen molar-refractivity contribution >= 4 is 34.4 Å². The van der Waals surface area contributed by atoms with Crippen LogP contribution in [0.5, 0.6) is 0 Å². The van der Waals surface area contributed by atoms with Gasteiger partial charge in [-0.1, -0.05) is 72.5 Å². The van der Waals surface area contributed by atoms with Crippen molar-refractivity contribution in [1.82, 2.24) is 0 Å². The summed E-state index contributed by atoms with van der Waals surface area (Å²) in [6.07, 6.45) is 1.43. The lowest BCUT2D eigenvalue weighted by atomic mass is 10.4. The fourth-order valence-corrected chi connectivity index (χ4v) is 4.97. The molecule has 2 nitrogen and oxygen atoms in total. The van der Waals surface area contributed by atoms with Crippen molar-refractivity contribution in [2.75, 3.05) is 7.11 Å². The molecular formula is C16H15O2PS. The first kappa shape index (κ1) is 14.7. The summed E-state index contributed by atoms with van der Waals surface area (Å²) in [5.74, 6) is 1.44. The van der Waals surface area contributed by atoms with E-state index in [1.807, 2.05) is 66.5 Å². The van der Waals surface area contributed by atoms with Crippen molar-refractivity contribution in [2.24, 2.45) is 0 Å². The van der Waals surface area contributed by atoms with E-state index >= 15 is 0 Å². The molecule has 0 aliphatic heterocycles. The smallest absolute Gasteiger partial charge is 0.330 e. The molecule has 0 amide bonds. The highest BCUT2D eigenvalue weighted by atomic mass is 32.4. The van der Waals surface area contributed by atoms with E-state index in [0.29, 0.717) is 0 Å². The van der Waals surface area contributed by atoms with E-state index in [2.05, 4.69) is 4.74 Å². The maximum absolute atomic E-state index is 11.4. The lowest BCUT2D eigenvalue weighted by Crippen LogP contribution is -2.14. The van der Waals surface area contributed by atoms with Gasteiger partial charge in [-0.25, -0.2) is 4.79 Å². The molecular weight excluding hydrogens is 287 g/mol. The molecule has 2 rings (SSSR count). The minimum atomic E-state index is -2.14. The van der Waals surface area contributed by atoms with Crippen LogP contribution in [-0.2, 0) is 21.3 Å². The molecule has 0 aliphatic carbocycles. The van der Waals surface area contributed by atoms with Gasteiger partial charge in [0, 0.05) is 12.1 Å². The Kier molecular flexibility index (Phi) is 4.89. The Labute approximate surface area is 124 Å². The maximum Gasteiger partial charge on any atom is 0.330 e. The zero-order valence-corrected chi connectivity index (χ0v) is 12.8. The summed E-state index contributed by atoms with van der Waals surface area (Å²) < 4.78 is 4.66. The fraction of sp³-hybridized carbons (Fsp3) is 0.0625. The molecule has 0 aliphatic rings. The summed E-state index contributed by atoms with van der Waals surface area (Å²) in [4.78, 5) is 11.4. The third kappa shape index (κ3) is 3.24. The van der Waals surface area contributed by atoms with Gasteiger partial charge in [-0.05, 0) is 16.4 Å². The predicted molar refractivity (Wildman–Crippen MR) is 87.6 cm³/mol. The number of carbonyl (C=O) groups excluding carboxylic acids is 1. The van der Waals surface area contributed by atoms with Crippen LogP contribution in [-0.4, -0.2) is 13.1 Å². The number of methoxy groups -OCH3 is 1. The molecule has 2 aromatic rings. The van der Waals surface area contributed by atoms with Gasteiger partial charge >= 0.3 is 5.97 Å². The number of carbonyl (C=O) groups is 1. The van der Waals surface area contributed by atoms with Gasteiger partial charge in [-0.2, -0.15) is 0 Å². The van der Waals surface area contributed by atoms with Crippen molar-refractivity contribution in [2.45, 2.75) is 0 Å². The topological polar surface area (TPSA) is 26.3 Å². The molecule has 0 heterocycles. The zero-order chi connectivity index (χ0) is 14.4. The van der Waals surface area contributed by atoms with Crippen molar-refractivity contribution in [3.63, 3.8) is 0 Å². The van der Waals surface area contributed by atoms with Gasteiger partial charge in [0.15, 0.2) is 0 Å². The number of hydrogen-bond acceptors (Lipinski definition) is 3. The summed E-state index contributed by atoms with van der Waals surface area (Å²) in [5.41, 5.74) is 0. The summed E-state index contributed by atoms with van der Waals surface area (Å²) >= 11 is 5.92. The standard InChI is InChI=1S/C16H15O2PS/c1-18-16(17)12-13-19(20,14-8-4-2-5-9-14)15-10-6-3-7-11-15/h2-13H,1H3. The molecule has 0 saturated carbocycles. The highest BCUT2D eigenvalue weighted by Gasteiger charge is 2.19. The maximum atomic E-state index is 11.4. The Balaban J connectivity index is 2.53. The van der Waals surface area contributed by atoms with Gasteiger partial charge in [0.2, 0.25) is 0 Å². The molecule has 102 valence electrons. The molecule has 2 aromatic carbocycles. The molecule has 0 N–H and O–H groups in total. The van der Waals surface area contributed by atoms with Crippen LogP contribution < -0.4 is 10.6 Å².